The summed E-state index contributed by atoms with van der Waals surface area (Å²) in [5.41, 5.74) is 8.92. The van der Waals surface area contributed by atoms with Gasteiger partial charge in [-0.3, -0.25) is 4.98 Å². The van der Waals surface area contributed by atoms with Gasteiger partial charge in [0.05, 0.1) is 4.90 Å². The topological polar surface area (TPSA) is 85.1 Å². The minimum atomic E-state index is -3.57. The van der Waals surface area contributed by atoms with E-state index >= 15 is 0 Å². The zero-order valence-electron chi connectivity index (χ0n) is 12.1. The summed E-state index contributed by atoms with van der Waals surface area (Å²) >= 11 is 0. The van der Waals surface area contributed by atoms with Crippen LogP contribution in [0.15, 0.2) is 41.6 Å². The molecule has 0 saturated carbocycles. The fourth-order valence-corrected chi connectivity index (χ4v) is 3.29. The van der Waals surface area contributed by atoms with Crippen molar-refractivity contribution in [3.05, 3.63) is 58.9 Å². The standard InChI is InChI=1S/C15H19N3O2S/c1-11-5-6-17-9-14(11)10-18-21(19,20)15-7-13(8-16)4-3-12(15)2/h3-7,9,18H,8,10,16H2,1-2H3. The summed E-state index contributed by atoms with van der Waals surface area (Å²) in [5.74, 6) is 0. The SMILES string of the molecule is Cc1ccncc1CNS(=O)(=O)c1cc(CN)ccc1C. The monoisotopic (exact) mass is 305 g/mol. The second-order valence-electron chi connectivity index (χ2n) is 4.93. The van der Waals surface area contributed by atoms with Gasteiger partial charge in [-0.05, 0) is 48.2 Å². The van der Waals surface area contributed by atoms with Crippen molar-refractivity contribution < 1.29 is 8.42 Å². The van der Waals surface area contributed by atoms with E-state index in [0.717, 1.165) is 16.7 Å². The normalized spacial score (nSPS) is 11.6. The minimum Gasteiger partial charge on any atom is -0.326 e. The predicted octanol–water partition coefficient (Wildman–Crippen LogP) is 1.64. The van der Waals surface area contributed by atoms with Crippen LogP contribution in [0.5, 0.6) is 0 Å². The maximum Gasteiger partial charge on any atom is 0.241 e. The zero-order chi connectivity index (χ0) is 15.5. The number of sulfonamides is 1. The number of aromatic nitrogens is 1. The lowest BCUT2D eigenvalue weighted by atomic mass is 10.1. The van der Waals surface area contributed by atoms with E-state index in [1.165, 1.54) is 0 Å². The van der Waals surface area contributed by atoms with E-state index in [9.17, 15) is 8.42 Å². The van der Waals surface area contributed by atoms with E-state index in [1.807, 2.05) is 19.1 Å². The molecule has 0 bridgehead atoms. The van der Waals surface area contributed by atoms with E-state index in [-0.39, 0.29) is 11.4 Å². The Balaban J connectivity index is 2.25. The van der Waals surface area contributed by atoms with E-state index in [0.29, 0.717) is 12.1 Å². The molecule has 0 amide bonds. The van der Waals surface area contributed by atoms with Gasteiger partial charge in [-0.2, -0.15) is 0 Å². The van der Waals surface area contributed by atoms with Gasteiger partial charge in [-0.1, -0.05) is 12.1 Å². The predicted molar refractivity (Wildman–Crippen MR) is 82.1 cm³/mol. The largest absolute Gasteiger partial charge is 0.326 e. The lowest BCUT2D eigenvalue weighted by molar-refractivity contribution is 0.580. The van der Waals surface area contributed by atoms with E-state index in [4.69, 9.17) is 5.73 Å². The molecule has 0 saturated heterocycles. The number of benzene rings is 1. The van der Waals surface area contributed by atoms with Crippen molar-refractivity contribution in [3.63, 3.8) is 0 Å². The molecule has 0 radical (unpaired) electrons. The van der Waals surface area contributed by atoms with Crippen molar-refractivity contribution in [2.75, 3.05) is 0 Å². The van der Waals surface area contributed by atoms with Crippen LogP contribution >= 0.6 is 0 Å². The first-order valence-corrected chi connectivity index (χ1v) is 8.11. The van der Waals surface area contributed by atoms with Gasteiger partial charge in [-0.25, -0.2) is 13.1 Å². The average molecular weight is 305 g/mol. The molecule has 0 atom stereocenters. The van der Waals surface area contributed by atoms with Crippen molar-refractivity contribution in [3.8, 4) is 0 Å². The van der Waals surface area contributed by atoms with Gasteiger partial charge in [0, 0.05) is 25.5 Å². The van der Waals surface area contributed by atoms with Crippen LogP contribution in [0.4, 0.5) is 0 Å². The van der Waals surface area contributed by atoms with Crippen LogP contribution in [-0.2, 0) is 23.1 Å². The third kappa shape index (κ3) is 3.66. The molecule has 0 spiro atoms. The Labute approximate surface area is 125 Å². The summed E-state index contributed by atoms with van der Waals surface area (Å²) in [5, 5.41) is 0. The van der Waals surface area contributed by atoms with Gasteiger partial charge in [0.15, 0.2) is 0 Å². The summed E-state index contributed by atoms with van der Waals surface area (Å²) < 4.78 is 27.5. The van der Waals surface area contributed by atoms with Crippen molar-refractivity contribution in [2.45, 2.75) is 31.8 Å². The van der Waals surface area contributed by atoms with E-state index in [1.54, 1.807) is 31.5 Å². The zero-order valence-corrected chi connectivity index (χ0v) is 12.9. The second kappa shape index (κ2) is 6.34. The highest BCUT2D eigenvalue weighted by Crippen LogP contribution is 2.17. The summed E-state index contributed by atoms with van der Waals surface area (Å²) in [7, 11) is -3.57. The quantitative estimate of drug-likeness (QED) is 0.879. The van der Waals surface area contributed by atoms with Gasteiger partial charge < -0.3 is 5.73 Å². The molecule has 0 unspecified atom stereocenters. The van der Waals surface area contributed by atoms with Gasteiger partial charge in [0.2, 0.25) is 10.0 Å². The summed E-state index contributed by atoms with van der Waals surface area (Å²) in [6.45, 7) is 4.22. The number of nitrogens with two attached hydrogens (primary N) is 1. The smallest absolute Gasteiger partial charge is 0.241 e. The minimum absolute atomic E-state index is 0.217. The van der Waals surface area contributed by atoms with Crippen molar-refractivity contribution in [1.82, 2.24) is 9.71 Å². The molecular weight excluding hydrogens is 286 g/mol. The summed E-state index contributed by atoms with van der Waals surface area (Å²) in [4.78, 5) is 4.28. The molecular formula is C15H19N3O2S. The molecule has 2 aromatic rings. The highest BCUT2D eigenvalue weighted by molar-refractivity contribution is 7.89. The Kier molecular flexibility index (Phi) is 4.72. The van der Waals surface area contributed by atoms with E-state index in [2.05, 4.69) is 9.71 Å². The van der Waals surface area contributed by atoms with Crippen LogP contribution in [0.25, 0.3) is 0 Å². The number of rotatable bonds is 5. The molecule has 6 heteroatoms. The highest BCUT2D eigenvalue weighted by atomic mass is 32.2. The Morgan fingerprint density at radius 3 is 2.62 bits per heavy atom. The third-order valence-corrected chi connectivity index (χ3v) is 4.92. The number of hydrogen-bond donors (Lipinski definition) is 2. The molecule has 3 N–H and O–H groups in total. The van der Waals surface area contributed by atoms with Crippen LogP contribution in [-0.4, -0.2) is 13.4 Å². The van der Waals surface area contributed by atoms with Crippen LogP contribution < -0.4 is 10.5 Å². The van der Waals surface area contributed by atoms with Crippen LogP contribution in [0, 0.1) is 13.8 Å². The highest BCUT2D eigenvalue weighted by Gasteiger charge is 2.17. The van der Waals surface area contributed by atoms with Gasteiger partial charge in [0.25, 0.3) is 0 Å². The molecule has 0 aliphatic heterocycles. The first kappa shape index (κ1) is 15.6. The molecule has 0 aliphatic rings. The first-order valence-electron chi connectivity index (χ1n) is 6.63. The molecule has 1 heterocycles. The molecule has 21 heavy (non-hydrogen) atoms. The number of aryl methyl sites for hydroxylation is 2. The van der Waals surface area contributed by atoms with Gasteiger partial charge in [0.1, 0.15) is 0 Å². The molecule has 5 nitrogen and oxygen atoms in total. The molecule has 1 aromatic heterocycles. The Morgan fingerprint density at radius 2 is 1.95 bits per heavy atom. The first-order chi connectivity index (χ1) is 9.94. The lowest BCUT2D eigenvalue weighted by Crippen LogP contribution is -2.24. The Bertz CT molecular complexity index is 742. The molecule has 1 aromatic carbocycles. The maximum absolute atomic E-state index is 12.4. The summed E-state index contributed by atoms with van der Waals surface area (Å²) in [6.07, 6.45) is 3.35. The molecule has 0 aliphatic carbocycles. The molecule has 0 fully saturated rings. The Morgan fingerprint density at radius 1 is 1.19 bits per heavy atom. The van der Waals surface area contributed by atoms with E-state index < -0.39 is 10.0 Å². The molecule has 112 valence electrons. The fraction of sp³-hybridized carbons (Fsp3) is 0.267. The van der Waals surface area contributed by atoms with Crippen molar-refractivity contribution >= 4 is 10.0 Å². The number of nitrogens with zero attached hydrogens (tertiary/aromatic N) is 1. The molecule has 2 rings (SSSR count). The number of nitrogens with one attached hydrogen (secondary N) is 1. The van der Waals surface area contributed by atoms with Crippen molar-refractivity contribution in [2.24, 2.45) is 5.73 Å². The van der Waals surface area contributed by atoms with Gasteiger partial charge in [-0.15, -0.1) is 0 Å². The van der Waals surface area contributed by atoms with Crippen LogP contribution in [0.2, 0.25) is 0 Å². The number of hydrogen-bond acceptors (Lipinski definition) is 4. The second-order valence-corrected chi connectivity index (χ2v) is 6.67. The third-order valence-electron chi connectivity index (χ3n) is 3.38. The van der Waals surface area contributed by atoms with Gasteiger partial charge >= 0.3 is 0 Å². The van der Waals surface area contributed by atoms with Crippen LogP contribution in [0.1, 0.15) is 22.3 Å². The maximum atomic E-state index is 12.4. The summed E-state index contributed by atoms with van der Waals surface area (Å²) in [6, 6.07) is 7.07. The van der Waals surface area contributed by atoms with Crippen molar-refractivity contribution in [1.29, 1.82) is 0 Å². The van der Waals surface area contributed by atoms with Crippen LogP contribution in [0.3, 0.4) is 0 Å². The Hall–Kier alpha value is -1.76. The fourth-order valence-electron chi connectivity index (χ4n) is 1.99. The number of pyridine rings is 1. The average Bonchev–Trinajstić information content (AvgIpc) is 2.47. The lowest BCUT2D eigenvalue weighted by Gasteiger charge is -2.11.